The summed E-state index contributed by atoms with van der Waals surface area (Å²) in [6.07, 6.45) is 0.0518. The summed E-state index contributed by atoms with van der Waals surface area (Å²) in [6.45, 7) is 1.52. The minimum Gasteiger partial charge on any atom is -0.391 e. The second-order valence-corrected chi connectivity index (χ2v) is 12.9. The van der Waals surface area contributed by atoms with Gasteiger partial charge in [0.25, 0.3) is 11.8 Å². The fraction of sp³-hybridized carbons (Fsp3) is 0.419. The highest BCUT2D eigenvalue weighted by Crippen LogP contribution is 2.32. The van der Waals surface area contributed by atoms with Crippen LogP contribution in [0, 0.1) is 6.92 Å². The molecule has 1 aliphatic carbocycles. The van der Waals surface area contributed by atoms with E-state index in [1.54, 1.807) is 30.5 Å². The Morgan fingerprint density at radius 3 is 2.49 bits per heavy atom. The highest BCUT2D eigenvalue weighted by molar-refractivity contribution is 9.10. The number of piperidine rings is 1. The minimum atomic E-state index is -5.08. The number of nitrogens with zero attached hydrogens (tertiary/aromatic N) is 2. The van der Waals surface area contributed by atoms with Crippen LogP contribution in [-0.2, 0) is 4.79 Å². The van der Waals surface area contributed by atoms with E-state index in [1.807, 2.05) is 18.3 Å². The maximum atomic E-state index is 13.9. The van der Waals surface area contributed by atoms with Gasteiger partial charge in [0, 0.05) is 58.5 Å². The second-order valence-electron chi connectivity index (χ2n) is 11.6. The lowest BCUT2D eigenvalue weighted by Gasteiger charge is -2.37. The van der Waals surface area contributed by atoms with E-state index in [-0.39, 0.29) is 43.1 Å². The SMILES string of the molecule is Cc1cc(Br)cc(C(=O)N2C[C@@H](O)C[C@@H](NC(=O)C(F)(F)F)C2)c1N[C@@H]1CCCC[C@@H]1NC(=O)c1cncc2cc(Cl)ccc12. The van der Waals surface area contributed by atoms with E-state index in [0.717, 1.165) is 29.2 Å². The molecule has 2 aromatic carbocycles. The molecule has 2 aliphatic rings. The molecule has 4 atom stereocenters. The summed E-state index contributed by atoms with van der Waals surface area (Å²) in [5.41, 5.74) is 1.92. The predicted molar refractivity (Wildman–Crippen MR) is 167 cm³/mol. The van der Waals surface area contributed by atoms with Crippen LogP contribution >= 0.6 is 27.5 Å². The second kappa shape index (κ2) is 13.5. The number of carbonyl (C=O) groups is 3. The van der Waals surface area contributed by atoms with Gasteiger partial charge in [0.05, 0.1) is 22.9 Å². The molecule has 5 rings (SSSR count). The molecule has 0 spiro atoms. The zero-order valence-electron chi connectivity index (χ0n) is 24.3. The highest BCUT2D eigenvalue weighted by atomic mass is 79.9. The lowest BCUT2D eigenvalue weighted by atomic mass is 9.89. The lowest BCUT2D eigenvalue weighted by molar-refractivity contribution is -0.174. The van der Waals surface area contributed by atoms with Crippen LogP contribution < -0.4 is 16.0 Å². The molecule has 45 heavy (non-hydrogen) atoms. The van der Waals surface area contributed by atoms with Crippen molar-refractivity contribution in [3.05, 3.63) is 68.9 Å². The summed E-state index contributed by atoms with van der Waals surface area (Å²) in [6, 6.07) is 7.10. The van der Waals surface area contributed by atoms with Crippen LogP contribution in [0.1, 0.15) is 58.4 Å². The van der Waals surface area contributed by atoms with Crippen molar-refractivity contribution in [2.75, 3.05) is 18.4 Å². The van der Waals surface area contributed by atoms with Crippen LogP contribution in [0.4, 0.5) is 18.9 Å². The third kappa shape index (κ3) is 7.70. The van der Waals surface area contributed by atoms with Crippen molar-refractivity contribution in [1.82, 2.24) is 20.5 Å². The molecular formula is C31H32BrClF3N5O4. The molecule has 2 heterocycles. The van der Waals surface area contributed by atoms with Crippen molar-refractivity contribution < 1.29 is 32.7 Å². The highest BCUT2D eigenvalue weighted by Gasteiger charge is 2.41. The number of aryl methyl sites for hydroxylation is 1. The average Bonchev–Trinajstić information content (AvgIpc) is 2.97. The number of rotatable bonds is 6. The molecule has 1 aliphatic heterocycles. The van der Waals surface area contributed by atoms with Crippen molar-refractivity contribution >= 4 is 61.7 Å². The standard InChI is InChI=1S/C31H32BrClF3N5O4/c1-16-8-18(32)10-23(29(44)41-14-20(11-21(42)15-41)38-30(45)31(34,35)36)27(16)39-25-4-2-3-5-26(25)40-28(43)24-13-37-12-17-9-19(33)6-7-22(17)24/h6-10,12-13,20-21,25-26,39,42H,2-5,11,14-15H2,1H3,(H,38,45)(H,40,43)/t20-,21+,25-,26+/m1/s1. The molecule has 4 N–H and O–H groups in total. The van der Waals surface area contributed by atoms with Crippen molar-refractivity contribution in [2.45, 2.75) is 69.4 Å². The van der Waals surface area contributed by atoms with E-state index >= 15 is 0 Å². The zero-order chi connectivity index (χ0) is 32.5. The molecule has 1 saturated carbocycles. The third-order valence-electron chi connectivity index (χ3n) is 8.22. The molecule has 240 valence electrons. The van der Waals surface area contributed by atoms with Crippen molar-refractivity contribution in [3.63, 3.8) is 0 Å². The fourth-order valence-corrected chi connectivity index (χ4v) is 6.87. The number of aliphatic hydroxyl groups excluding tert-OH is 1. The first-order chi connectivity index (χ1) is 21.3. The average molecular weight is 711 g/mol. The summed E-state index contributed by atoms with van der Waals surface area (Å²) in [5, 5.41) is 20.9. The summed E-state index contributed by atoms with van der Waals surface area (Å²) in [5.74, 6) is -2.92. The summed E-state index contributed by atoms with van der Waals surface area (Å²) in [7, 11) is 0. The normalized spacial score (nSPS) is 22.2. The first-order valence-corrected chi connectivity index (χ1v) is 15.7. The Hall–Kier alpha value is -3.42. The van der Waals surface area contributed by atoms with Gasteiger partial charge in [-0.1, -0.05) is 46.4 Å². The number of benzene rings is 2. The third-order valence-corrected chi connectivity index (χ3v) is 8.91. The van der Waals surface area contributed by atoms with Gasteiger partial charge >= 0.3 is 12.1 Å². The summed E-state index contributed by atoms with van der Waals surface area (Å²) < 4.78 is 39.2. The van der Waals surface area contributed by atoms with Gasteiger partial charge in [-0.25, -0.2) is 0 Å². The van der Waals surface area contributed by atoms with Crippen LogP contribution in [0.15, 0.2) is 47.2 Å². The summed E-state index contributed by atoms with van der Waals surface area (Å²) in [4.78, 5) is 44.4. The molecule has 1 saturated heterocycles. The number of anilines is 1. The smallest absolute Gasteiger partial charge is 0.391 e. The van der Waals surface area contributed by atoms with Crippen LogP contribution in [0.2, 0.25) is 5.02 Å². The number of aliphatic hydroxyl groups is 1. The molecule has 0 unspecified atom stereocenters. The van der Waals surface area contributed by atoms with E-state index in [4.69, 9.17) is 11.6 Å². The van der Waals surface area contributed by atoms with Gasteiger partial charge in [0.2, 0.25) is 0 Å². The monoisotopic (exact) mass is 709 g/mol. The number of amides is 3. The molecule has 1 aromatic heterocycles. The number of hydrogen-bond donors (Lipinski definition) is 4. The van der Waals surface area contributed by atoms with Gasteiger partial charge in [-0.15, -0.1) is 0 Å². The summed E-state index contributed by atoms with van der Waals surface area (Å²) >= 11 is 9.56. The molecule has 9 nitrogen and oxygen atoms in total. The zero-order valence-corrected chi connectivity index (χ0v) is 26.6. The Bertz CT molecular complexity index is 1620. The minimum absolute atomic E-state index is 0.103. The number of carbonyl (C=O) groups excluding carboxylic acids is 3. The first kappa shape index (κ1) is 33.0. The van der Waals surface area contributed by atoms with E-state index in [9.17, 15) is 32.7 Å². The molecule has 3 amide bonds. The largest absolute Gasteiger partial charge is 0.471 e. The van der Waals surface area contributed by atoms with E-state index < -0.39 is 30.1 Å². The van der Waals surface area contributed by atoms with Gasteiger partial charge in [0.1, 0.15) is 0 Å². The number of fused-ring (bicyclic) bond motifs is 1. The quantitative estimate of drug-likeness (QED) is 0.273. The lowest BCUT2D eigenvalue weighted by Crippen LogP contribution is -2.56. The number of likely N-dealkylation sites (tertiary alicyclic amines) is 1. The molecule has 0 bridgehead atoms. The number of hydrogen-bond acceptors (Lipinski definition) is 6. The number of alkyl halides is 3. The van der Waals surface area contributed by atoms with Crippen LogP contribution in [-0.4, -0.2) is 76.2 Å². The number of pyridine rings is 1. The van der Waals surface area contributed by atoms with E-state index in [2.05, 4.69) is 31.5 Å². The topological polar surface area (TPSA) is 124 Å². The molecule has 14 heteroatoms. The van der Waals surface area contributed by atoms with Crippen molar-refractivity contribution in [1.29, 1.82) is 0 Å². The first-order valence-electron chi connectivity index (χ1n) is 14.6. The number of aromatic nitrogens is 1. The number of halogens is 5. The van der Waals surface area contributed by atoms with Crippen LogP contribution in [0.3, 0.4) is 0 Å². The Morgan fingerprint density at radius 1 is 1.02 bits per heavy atom. The Labute approximate surface area is 271 Å². The predicted octanol–water partition coefficient (Wildman–Crippen LogP) is 5.37. The van der Waals surface area contributed by atoms with Crippen molar-refractivity contribution in [2.24, 2.45) is 0 Å². The Balaban J connectivity index is 1.37. The molecule has 3 aromatic rings. The van der Waals surface area contributed by atoms with Crippen LogP contribution in [0.25, 0.3) is 10.8 Å². The van der Waals surface area contributed by atoms with Crippen molar-refractivity contribution in [3.8, 4) is 0 Å². The molecule has 0 radical (unpaired) electrons. The Morgan fingerprint density at radius 2 is 1.76 bits per heavy atom. The van der Waals surface area contributed by atoms with Gasteiger partial charge in [-0.3, -0.25) is 19.4 Å². The fourth-order valence-electron chi connectivity index (χ4n) is 6.12. The van der Waals surface area contributed by atoms with Gasteiger partial charge in [-0.05, 0) is 61.4 Å². The van der Waals surface area contributed by atoms with Crippen LogP contribution in [0.5, 0.6) is 0 Å². The Kier molecular flexibility index (Phi) is 9.90. The van der Waals surface area contributed by atoms with Gasteiger partial charge < -0.3 is 26.0 Å². The number of nitrogens with one attached hydrogen (secondary N) is 3. The maximum absolute atomic E-state index is 13.9. The van der Waals surface area contributed by atoms with Gasteiger partial charge in [-0.2, -0.15) is 13.2 Å². The molecular weight excluding hydrogens is 679 g/mol. The van der Waals surface area contributed by atoms with Gasteiger partial charge in [0.15, 0.2) is 0 Å². The van der Waals surface area contributed by atoms with E-state index in [0.29, 0.717) is 33.6 Å². The maximum Gasteiger partial charge on any atom is 0.471 e. The molecule has 2 fully saturated rings. The number of β-amino-alcohol motifs (C(OH)–C–C–N with tert-alkyl or cyclic N) is 1. The van der Waals surface area contributed by atoms with E-state index in [1.165, 1.54) is 11.1 Å².